The Balaban J connectivity index is -0.000000112. The van der Waals surface area contributed by atoms with Crippen LogP contribution >= 0.6 is 0 Å². The van der Waals surface area contributed by atoms with Crippen molar-refractivity contribution in [3.8, 4) is 0 Å². The predicted octanol–water partition coefficient (Wildman–Crippen LogP) is 5.06. The maximum Gasteiger partial charge on any atom is 0.0319 e. The molecule has 0 bridgehead atoms. The molecule has 0 saturated heterocycles. The first-order valence-corrected chi connectivity index (χ1v) is 12.2. The van der Waals surface area contributed by atoms with Crippen molar-refractivity contribution in [2.75, 3.05) is 42.7 Å². The van der Waals surface area contributed by atoms with Crippen LogP contribution in [0, 0.1) is 0 Å². The zero-order valence-corrected chi connectivity index (χ0v) is 22.1. The number of hydrogen-bond donors (Lipinski definition) is 6. The third-order valence-electron chi connectivity index (χ3n) is 4.75. The van der Waals surface area contributed by atoms with E-state index in [1.54, 1.807) is 0 Å². The monoisotopic (exact) mass is 458 g/mol. The van der Waals surface area contributed by atoms with Gasteiger partial charge in [-0.3, -0.25) is 0 Å². The molecule has 6 nitrogen and oxygen atoms in total. The second-order valence-corrected chi connectivity index (χ2v) is 6.72. The molecule has 0 atom stereocenters. The Morgan fingerprint density at radius 1 is 0.161 bits per heavy atom. The van der Waals surface area contributed by atoms with E-state index in [1.165, 1.54) is 122 Å². The summed E-state index contributed by atoms with van der Waals surface area (Å²) in [6.45, 7) is 0. The number of hydrogen-bond acceptors (Lipinski definition) is 6. The molecule has 6 heteroatoms. The van der Waals surface area contributed by atoms with Gasteiger partial charge in [-0.05, 0) is 0 Å². The number of aliphatic hydroxyl groups excluding tert-OH is 6. The Hall–Kier alpha value is -0.240. The first-order chi connectivity index (χ1) is 15.5. The van der Waals surface area contributed by atoms with E-state index in [4.69, 9.17) is 30.6 Å². The summed E-state index contributed by atoms with van der Waals surface area (Å²) in [5.41, 5.74) is 0. The fourth-order valence-electron chi connectivity index (χ4n) is 3.36. The predicted molar refractivity (Wildman–Crippen MR) is 137 cm³/mol. The molecule has 0 amide bonds. The molecule has 0 aromatic rings. The Bertz CT molecular complexity index is 103. The van der Waals surface area contributed by atoms with Gasteiger partial charge >= 0.3 is 0 Å². The summed E-state index contributed by atoms with van der Waals surface area (Å²) in [7, 11) is 6.00. The van der Waals surface area contributed by atoms with Crippen LogP contribution in [0.25, 0.3) is 0 Å². The molecule has 0 aromatic heterocycles. The Kier molecular flexibility index (Phi) is 100. The van der Waals surface area contributed by atoms with Gasteiger partial charge in [-0.1, -0.05) is 122 Å². The Morgan fingerprint density at radius 2 is 0.194 bits per heavy atom. The van der Waals surface area contributed by atoms with Crippen LogP contribution in [0.15, 0.2) is 0 Å². The van der Waals surface area contributed by atoms with E-state index in [-0.39, 0.29) is 0 Å². The highest BCUT2D eigenvalue weighted by Crippen LogP contribution is 2.16. The van der Waals surface area contributed by atoms with E-state index in [2.05, 4.69) is 0 Å². The van der Waals surface area contributed by atoms with Gasteiger partial charge < -0.3 is 30.6 Å². The number of aliphatic hydroxyl groups is 6. The molecule has 1 rings (SSSR count). The van der Waals surface area contributed by atoms with E-state index < -0.39 is 0 Å². The van der Waals surface area contributed by atoms with Crippen molar-refractivity contribution in [1.82, 2.24) is 0 Å². The van der Waals surface area contributed by atoms with Crippen LogP contribution < -0.4 is 0 Å². The molecule has 1 aliphatic carbocycles. The Morgan fingerprint density at radius 3 is 0.226 bits per heavy atom. The Labute approximate surface area is 195 Å². The zero-order valence-electron chi connectivity index (χ0n) is 22.1. The van der Waals surface area contributed by atoms with E-state index in [1.807, 2.05) is 0 Å². The molecule has 0 heterocycles. The zero-order chi connectivity index (χ0) is 25.4. The number of rotatable bonds is 0. The van der Waals surface area contributed by atoms with Gasteiger partial charge in [-0.2, -0.15) is 0 Å². The third kappa shape index (κ3) is 65.2. The van der Waals surface area contributed by atoms with E-state index in [0.29, 0.717) is 0 Å². The molecule has 1 aliphatic rings. The van der Waals surface area contributed by atoms with Crippen molar-refractivity contribution in [3.05, 3.63) is 0 Å². The molecule has 1 saturated carbocycles. The smallest absolute Gasteiger partial charge is 0.0319 e. The summed E-state index contributed by atoms with van der Waals surface area (Å²) >= 11 is 0. The lowest BCUT2D eigenvalue weighted by molar-refractivity contribution is 0.399. The van der Waals surface area contributed by atoms with E-state index in [0.717, 1.165) is 42.7 Å². The summed E-state index contributed by atoms with van der Waals surface area (Å²) in [5, 5.41) is 42.0. The van der Waals surface area contributed by atoms with E-state index >= 15 is 0 Å². The van der Waals surface area contributed by atoms with Crippen molar-refractivity contribution in [2.24, 2.45) is 0 Å². The second kappa shape index (κ2) is 69.9. The van der Waals surface area contributed by atoms with Crippen molar-refractivity contribution in [1.29, 1.82) is 0 Å². The van der Waals surface area contributed by atoms with Crippen LogP contribution in [0.4, 0.5) is 0 Å². The SMILES string of the molecule is C1CCCCCCCCCCCCCCCCCC1.CO.CO.CO.CO.CO.CO. The molecule has 198 valence electrons. The van der Waals surface area contributed by atoms with Gasteiger partial charge in [-0.15, -0.1) is 0 Å². The van der Waals surface area contributed by atoms with Crippen molar-refractivity contribution < 1.29 is 30.6 Å². The van der Waals surface area contributed by atoms with Gasteiger partial charge in [0.2, 0.25) is 0 Å². The topological polar surface area (TPSA) is 121 Å². The quantitative estimate of drug-likeness (QED) is 0.302. The van der Waals surface area contributed by atoms with Gasteiger partial charge in [0.1, 0.15) is 0 Å². The van der Waals surface area contributed by atoms with Crippen molar-refractivity contribution in [3.63, 3.8) is 0 Å². The first kappa shape index (κ1) is 44.4. The van der Waals surface area contributed by atoms with Gasteiger partial charge in [0.15, 0.2) is 0 Å². The van der Waals surface area contributed by atoms with Crippen LogP contribution in [0.2, 0.25) is 0 Å². The lowest BCUT2D eigenvalue weighted by Crippen LogP contribution is -1.83. The van der Waals surface area contributed by atoms with E-state index in [9.17, 15) is 0 Å². The molecule has 0 aliphatic heterocycles. The summed E-state index contributed by atoms with van der Waals surface area (Å²) in [4.78, 5) is 0. The summed E-state index contributed by atoms with van der Waals surface area (Å²) in [5.74, 6) is 0. The largest absolute Gasteiger partial charge is 0.400 e. The fourth-order valence-corrected chi connectivity index (χ4v) is 3.36. The highest BCUT2D eigenvalue weighted by atomic mass is 16.2. The van der Waals surface area contributed by atoms with Crippen LogP contribution in [-0.4, -0.2) is 73.3 Å². The van der Waals surface area contributed by atoms with Crippen LogP contribution in [-0.2, 0) is 0 Å². The molecule has 31 heavy (non-hydrogen) atoms. The minimum absolute atomic E-state index is 1.00. The standard InChI is InChI=1S/C19H38.6CH4O/c1-2-4-6-8-10-12-14-16-18-19-17-15-13-11-9-7-5-3-1;6*1-2/h1-19H2;6*2H,1H3. The third-order valence-corrected chi connectivity index (χ3v) is 4.75. The molecular weight excluding hydrogens is 396 g/mol. The average Bonchev–Trinajstić information content (AvgIpc) is 2.89. The molecule has 0 spiro atoms. The molecule has 1 fully saturated rings. The fraction of sp³-hybridized carbons (Fsp3) is 1.00. The normalized spacial score (nSPS) is 15.9. The average molecular weight is 459 g/mol. The highest BCUT2D eigenvalue weighted by molar-refractivity contribution is 4.52. The lowest BCUT2D eigenvalue weighted by atomic mass is 10.0. The minimum atomic E-state index is 1.00. The summed E-state index contributed by atoms with van der Waals surface area (Å²) < 4.78 is 0. The van der Waals surface area contributed by atoms with Gasteiger partial charge in [0, 0.05) is 42.7 Å². The molecular formula is C25H62O6. The first-order valence-electron chi connectivity index (χ1n) is 12.2. The van der Waals surface area contributed by atoms with Crippen LogP contribution in [0.1, 0.15) is 122 Å². The summed E-state index contributed by atoms with van der Waals surface area (Å²) in [6.07, 6.45) is 28.5. The molecule has 6 N–H and O–H groups in total. The minimum Gasteiger partial charge on any atom is -0.400 e. The van der Waals surface area contributed by atoms with Gasteiger partial charge in [-0.25, -0.2) is 0 Å². The van der Waals surface area contributed by atoms with Gasteiger partial charge in [0.05, 0.1) is 0 Å². The van der Waals surface area contributed by atoms with Crippen molar-refractivity contribution >= 4 is 0 Å². The lowest BCUT2D eigenvalue weighted by Gasteiger charge is -2.03. The van der Waals surface area contributed by atoms with Crippen molar-refractivity contribution in [2.45, 2.75) is 122 Å². The summed E-state index contributed by atoms with van der Waals surface area (Å²) in [6, 6.07) is 0. The molecule has 0 radical (unpaired) electrons. The molecule has 0 aromatic carbocycles. The van der Waals surface area contributed by atoms with Crippen LogP contribution in [0.3, 0.4) is 0 Å². The van der Waals surface area contributed by atoms with Crippen LogP contribution in [0.5, 0.6) is 0 Å². The second-order valence-electron chi connectivity index (χ2n) is 6.72. The maximum absolute atomic E-state index is 7.00. The van der Waals surface area contributed by atoms with Gasteiger partial charge in [0.25, 0.3) is 0 Å². The molecule has 0 unspecified atom stereocenters. The highest BCUT2D eigenvalue weighted by Gasteiger charge is 1.96. The maximum atomic E-state index is 7.00.